The lowest BCUT2D eigenvalue weighted by Gasteiger charge is -2.48. The molecule has 0 aromatic heterocycles. The molecule has 1 heterocycles. The van der Waals surface area contributed by atoms with Gasteiger partial charge in [-0.25, -0.2) is 0 Å². The van der Waals surface area contributed by atoms with E-state index in [1.54, 1.807) is 0 Å². The smallest absolute Gasteiger partial charge is 0.0221 e. The van der Waals surface area contributed by atoms with Crippen LogP contribution >= 0.6 is 0 Å². The molecule has 1 saturated heterocycles. The molecular formula is C17H34N2. The second-order valence-electron chi connectivity index (χ2n) is 7.44. The molecule has 2 heteroatoms. The van der Waals surface area contributed by atoms with Crippen LogP contribution in [0.25, 0.3) is 0 Å². The van der Waals surface area contributed by atoms with E-state index in [0.29, 0.717) is 6.04 Å². The Bertz CT molecular complexity index is 276. The second kappa shape index (κ2) is 6.58. The molecule has 0 bridgehead atoms. The van der Waals surface area contributed by atoms with Crippen LogP contribution in [0.3, 0.4) is 0 Å². The van der Waals surface area contributed by atoms with E-state index in [9.17, 15) is 0 Å². The molecule has 0 spiro atoms. The van der Waals surface area contributed by atoms with Crippen molar-refractivity contribution in [1.29, 1.82) is 0 Å². The Hall–Kier alpha value is -0.0800. The first kappa shape index (κ1) is 15.3. The summed E-state index contributed by atoms with van der Waals surface area (Å²) in [4.78, 5) is 2.86. The van der Waals surface area contributed by atoms with Gasteiger partial charge in [0.2, 0.25) is 0 Å². The lowest BCUT2D eigenvalue weighted by molar-refractivity contribution is 0.0299. The van der Waals surface area contributed by atoms with Gasteiger partial charge in [0.15, 0.2) is 0 Å². The molecule has 0 aromatic rings. The third kappa shape index (κ3) is 3.52. The lowest BCUT2D eigenvalue weighted by Crippen LogP contribution is -2.61. The van der Waals surface area contributed by atoms with E-state index in [1.807, 2.05) is 0 Å². The van der Waals surface area contributed by atoms with Crippen molar-refractivity contribution in [2.75, 3.05) is 13.1 Å². The molecular weight excluding hydrogens is 232 g/mol. The van der Waals surface area contributed by atoms with Crippen LogP contribution in [0.2, 0.25) is 0 Å². The maximum atomic E-state index is 3.77. The van der Waals surface area contributed by atoms with Crippen molar-refractivity contribution >= 4 is 0 Å². The Morgan fingerprint density at radius 2 is 1.89 bits per heavy atom. The van der Waals surface area contributed by atoms with Crippen LogP contribution in [-0.2, 0) is 0 Å². The van der Waals surface area contributed by atoms with Crippen molar-refractivity contribution in [2.24, 2.45) is 17.8 Å². The maximum Gasteiger partial charge on any atom is 0.0221 e. The lowest BCUT2D eigenvalue weighted by atomic mass is 9.77. The van der Waals surface area contributed by atoms with Gasteiger partial charge in [-0.2, -0.15) is 0 Å². The average Bonchev–Trinajstić information content (AvgIpc) is 2.41. The van der Waals surface area contributed by atoms with Gasteiger partial charge in [0.1, 0.15) is 0 Å². The van der Waals surface area contributed by atoms with Gasteiger partial charge in [0.25, 0.3) is 0 Å². The summed E-state index contributed by atoms with van der Waals surface area (Å²) in [7, 11) is 0. The molecule has 1 aliphatic carbocycles. The number of nitrogens with one attached hydrogen (secondary N) is 1. The van der Waals surface area contributed by atoms with Crippen LogP contribution in [0.5, 0.6) is 0 Å². The van der Waals surface area contributed by atoms with Crippen molar-refractivity contribution in [3.05, 3.63) is 0 Å². The van der Waals surface area contributed by atoms with E-state index in [4.69, 9.17) is 0 Å². The number of hydrogen-bond acceptors (Lipinski definition) is 2. The van der Waals surface area contributed by atoms with Gasteiger partial charge < -0.3 is 5.32 Å². The maximum absolute atomic E-state index is 3.77. The molecule has 2 nitrogen and oxygen atoms in total. The van der Waals surface area contributed by atoms with E-state index < -0.39 is 0 Å². The molecule has 2 rings (SSSR count). The first-order valence-electron chi connectivity index (χ1n) is 8.52. The van der Waals surface area contributed by atoms with Gasteiger partial charge in [-0.3, -0.25) is 4.90 Å². The summed E-state index contributed by atoms with van der Waals surface area (Å²) in [6.07, 6.45) is 5.56. The van der Waals surface area contributed by atoms with Crippen LogP contribution in [0.15, 0.2) is 0 Å². The molecule has 1 saturated carbocycles. The fourth-order valence-corrected chi connectivity index (χ4v) is 3.94. The van der Waals surface area contributed by atoms with Gasteiger partial charge >= 0.3 is 0 Å². The largest absolute Gasteiger partial charge is 0.311 e. The first-order chi connectivity index (χ1) is 9.02. The zero-order valence-corrected chi connectivity index (χ0v) is 13.7. The monoisotopic (exact) mass is 266 g/mol. The summed E-state index contributed by atoms with van der Waals surface area (Å²) in [5, 5.41) is 3.77. The summed E-state index contributed by atoms with van der Waals surface area (Å²) >= 11 is 0. The van der Waals surface area contributed by atoms with E-state index in [1.165, 1.54) is 38.8 Å². The molecule has 1 aliphatic heterocycles. The second-order valence-corrected chi connectivity index (χ2v) is 7.44. The highest BCUT2D eigenvalue weighted by Crippen LogP contribution is 2.34. The summed E-state index contributed by atoms with van der Waals surface area (Å²) in [6.45, 7) is 14.4. The number of rotatable bonds is 3. The van der Waals surface area contributed by atoms with Crippen LogP contribution in [0.1, 0.15) is 60.3 Å². The Kier molecular flexibility index (Phi) is 5.30. The number of piperazine rings is 1. The molecule has 0 amide bonds. The van der Waals surface area contributed by atoms with Crippen LogP contribution in [0.4, 0.5) is 0 Å². The van der Waals surface area contributed by atoms with Crippen LogP contribution < -0.4 is 5.32 Å². The normalized spacial score (nSPS) is 41.7. The number of nitrogens with zero attached hydrogens (tertiary/aromatic N) is 1. The zero-order valence-electron chi connectivity index (χ0n) is 13.7. The third-order valence-electron chi connectivity index (χ3n) is 5.81. The number of hydrogen-bond donors (Lipinski definition) is 1. The van der Waals surface area contributed by atoms with Crippen molar-refractivity contribution in [3.63, 3.8) is 0 Å². The highest BCUT2D eigenvalue weighted by atomic mass is 15.3. The van der Waals surface area contributed by atoms with Crippen molar-refractivity contribution in [2.45, 2.75) is 78.4 Å². The van der Waals surface area contributed by atoms with E-state index in [2.05, 4.69) is 44.8 Å². The minimum Gasteiger partial charge on any atom is -0.311 e. The van der Waals surface area contributed by atoms with Gasteiger partial charge in [0.05, 0.1) is 0 Å². The van der Waals surface area contributed by atoms with Gasteiger partial charge in [-0.1, -0.05) is 34.6 Å². The van der Waals surface area contributed by atoms with Crippen LogP contribution in [0, 0.1) is 17.8 Å². The molecule has 0 aromatic carbocycles. The van der Waals surface area contributed by atoms with Crippen molar-refractivity contribution in [1.82, 2.24) is 10.2 Å². The predicted molar refractivity (Wildman–Crippen MR) is 83.4 cm³/mol. The Morgan fingerprint density at radius 3 is 2.47 bits per heavy atom. The standard InChI is InChI=1S/C17H34N2/c1-6-15-10-18-17(12(2)3)11-19(15)16-8-7-13(4)14(5)9-16/h12-18H,6-11H2,1-5H3. The Labute approximate surface area is 120 Å². The minimum absolute atomic E-state index is 0.692. The highest BCUT2D eigenvalue weighted by Gasteiger charge is 2.36. The SMILES string of the molecule is CCC1CNC(C(C)C)CN1C1CCC(C)C(C)C1. The van der Waals surface area contributed by atoms with Gasteiger partial charge in [-0.05, 0) is 43.4 Å². The Morgan fingerprint density at radius 1 is 1.16 bits per heavy atom. The molecule has 19 heavy (non-hydrogen) atoms. The highest BCUT2D eigenvalue weighted by molar-refractivity contribution is 4.92. The predicted octanol–water partition coefficient (Wildman–Crippen LogP) is 3.52. The summed E-state index contributed by atoms with van der Waals surface area (Å²) in [5.41, 5.74) is 0. The molecule has 5 unspecified atom stereocenters. The topological polar surface area (TPSA) is 15.3 Å². The zero-order chi connectivity index (χ0) is 14.0. The molecule has 5 atom stereocenters. The third-order valence-corrected chi connectivity index (χ3v) is 5.81. The van der Waals surface area contributed by atoms with E-state index >= 15 is 0 Å². The van der Waals surface area contributed by atoms with Gasteiger partial charge in [-0.15, -0.1) is 0 Å². The summed E-state index contributed by atoms with van der Waals surface area (Å²) < 4.78 is 0. The minimum atomic E-state index is 0.692. The van der Waals surface area contributed by atoms with Crippen LogP contribution in [-0.4, -0.2) is 36.1 Å². The molecule has 0 radical (unpaired) electrons. The van der Waals surface area contributed by atoms with E-state index in [-0.39, 0.29) is 0 Å². The fraction of sp³-hybridized carbons (Fsp3) is 1.00. The Balaban J connectivity index is 2.01. The molecule has 112 valence electrons. The molecule has 1 N–H and O–H groups in total. The molecule has 2 aliphatic rings. The fourth-order valence-electron chi connectivity index (χ4n) is 3.94. The summed E-state index contributed by atoms with van der Waals surface area (Å²) in [6, 6.07) is 2.30. The molecule has 2 fully saturated rings. The van der Waals surface area contributed by atoms with Crippen molar-refractivity contribution < 1.29 is 0 Å². The summed E-state index contributed by atoms with van der Waals surface area (Å²) in [5.74, 6) is 2.59. The average molecular weight is 266 g/mol. The van der Waals surface area contributed by atoms with E-state index in [0.717, 1.165) is 29.8 Å². The quantitative estimate of drug-likeness (QED) is 0.841. The van der Waals surface area contributed by atoms with Crippen molar-refractivity contribution in [3.8, 4) is 0 Å². The van der Waals surface area contributed by atoms with Gasteiger partial charge in [0, 0.05) is 31.2 Å². The first-order valence-corrected chi connectivity index (χ1v) is 8.52.